The van der Waals surface area contributed by atoms with Gasteiger partial charge in [0, 0.05) is 26.1 Å². The highest BCUT2D eigenvalue weighted by Gasteiger charge is 2.56. The van der Waals surface area contributed by atoms with Crippen molar-refractivity contribution in [3.8, 4) is 0 Å². The molecule has 156 valence electrons. The highest BCUT2D eigenvalue weighted by Crippen LogP contribution is 2.32. The fraction of sp³-hybridized carbons (Fsp3) is 0.571. The Morgan fingerprint density at radius 2 is 1.93 bits per heavy atom. The quantitative estimate of drug-likeness (QED) is 0.820. The van der Waals surface area contributed by atoms with Crippen LogP contribution in [0.15, 0.2) is 29.4 Å². The van der Waals surface area contributed by atoms with Gasteiger partial charge < -0.3 is 4.90 Å². The maximum absolute atomic E-state index is 13.5. The number of rotatable bonds is 2. The lowest BCUT2D eigenvalue weighted by Crippen LogP contribution is -2.66. The SMILES string of the molecule is Cc1cccc(CN2C(=O)C3C(NC4N(C)N=C(C(C)(C)C)CN34)N(C)C2=O)c1. The standard InChI is InChI=1S/C21H30N6O2/c1-13-8-7-9-14(10-13)11-27-18(28)16-17(24(5)20(27)29)22-19-25(6)23-15(12-26(16)19)21(2,3)4/h7-10,16-17,19,22H,11-12H2,1-6H3. The molecule has 29 heavy (non-hydrogen) atoms. The van der Waals surface area contributed by atoms with Gasteiger partial charge in [-0.05, 0) is 12.5 Å². The largest absolute Gasteiger partial charge is 0.328 e. The van der Waals surface area contributed by atoms with E-state index in [1.807, 2.05) is 43.2 Å². The van der Waals surface area contributed by atoms with Gasteiger partial charge in [-0.1, -0.05) is 50.6 Å². The fourth-order valence-corrected chi connectivity index (χ4v) is 4.32. The van der Waals surface area contributed by atoms with Crippen LogP contribution in [-0.2, 0) is 11.3 Å². The highest BCUT2D eigenvalue weighted by atomic mass is 16.2. The minimum absolute atomic E-state index is 0.0992. The summed E-state index contributed by atoms with van der Waals surface area (Å²) < 4.78 is 0. The number of benzene rings is 1. The summed E-state index contributed by atoms with van der Waals surface area (Å²) in [5, 5.41) is 10.0. The Kier molecular flexibility index (Phi) is 4.66. The van der Waals surface area contributed by atoms with E-state index in [9.17, 15) is 9.59 Å². The van der Waals surface area contributed by atoms with Gasteiger partial charge in [0.05, 0.1) is 12.3 Å². The Morgan fingerprint density at radius 1 is 1.21 bits per heavy atom. The van der Waals surface area contributed by atoms with Crippen LogP contribution < -0.4 is 5.32 Å². The number of amides is 3. The monoisotopic (exact) mass is 398 g/mol. The molecule has 0 bridgehead atoms. The summed E-state index contributed by atoms with van der Waals surface area (Å²) in [6, 6.07) is 7.21. The summed E-state index contributed by atoms with van der Waals surface area (Å²) >= 11 is 0. The van der Waals surface area contributed by atoms with Gasteiger partial charge in [-0.3, -0.25) is 20.0 Å². The predicted molar refractivity (Wildman–Crippen MR) is 111 cm³/mol. The third-order valence-electron chi connectivity index (χ3n) is 6.01. The van der Waals surface area contributed by atoms with Crippen molar-refractivity contribution >= 4 is 17.6 Å². The normalized spacial score (nSPS) is 27.9. The minimum atomic E-state index is -0.442. The molecule has 3 aliphatic rings. The number of nitrogens with one attached hydrogen (secondary N) is 1. The third kappa shape index (κ3) is 3.30. The van der Waals surface area contributed by atoms with E-state index >= 15 is 0 Å². The smallest absolute Gasteiger partial charge is 0.310 e. The number of likely N-dealkylation sites (N-methyl/N-ethyl adjacent to an activating group) is 1. The first-order valence-electron chi connectivity index (χ1n) is 10.0. The molecular formula is C21H30N6O2. The number of nitrogens with zero attached hydrogens (tertiary/aromatic N) is 5. The zero-order valence-corrected chi connectivity index (χ0v) is 18.0. The van der Waals surface area contributed by atoms with Gasteiger partial charge in [0.25, 0.3) is 5.91 Å². The van der Waals surface area contributed by atoms with E-state index in [0.717, 1.165) is 16.8 Å². The van der Waals surface area contributed by atoms with Crippen molar-refractivity contribution in [3.63, 3.8) is 0 Å². The summed E-state index contributed by atoms with van der Waals surface area (Å²) in [5.74, 6) is -0.154. The van der Waals surface area contributed by atoms with Crippen LogP contribution in [0.3, 0.4) is 0 Å². The van der Waals surface area contributed by atoms with Crippen LogP contribution in [0.25, 0.3) is 0 Å². The average Bonchev–Trinajstić information content (AvgIpc) is 3.03. The van der Waals surface area contributed by atoms with E-state index in [2.05, 4.69) is 31.0 Å². The Hall–Kier alpha value is -2.45. The second-order valence-corrected chi connectivity index (χ2v) is 9.28. The van der Waals surface area contributed by atoms with Gasteiger partial charge in [0.2, 0.25) is 0 Å². The molecule has 0 spiro atoms. The molecule has 3 heterocycles. The number of hydrogen-bond acceptors (Lipinski definition) is 6. The van der Waals surface area contributed by atoms with Crippen LogP contribution in [0.4, 0.5) is 4.79 Å². The van der Waals surface area contributed by atoms with Crippen LogP contribution in [0.5, 0.6) is 0 Å². The second kappa shape index (κ2) is 6.81. The van der Waals surface area contributed by atoms with Crippen LogP contribution in [0.2, 0.25) is 0 Å². The lowest BCUT2D eigenvalue weighted by molar-refractivity contribution is -0.139. The first-order valence-corrected chi connectivity index (χ1v) is 10.0. The molecule has 2 fully saturated rings. The lowest BCUT2D eigenvalue weighted by atomic mass is 9.89. The van der Waals surface area contributed by atoms with E-state index in [4.69, 9.17) is 5.10 Å². The molecule has 2 saturated heterocycles. The summed E-state index contributed by atoms with van der Waals surface area (Å²) in [5.41, 5.74) is 2.99. The topological polar surface area (TPSA) is 71.5 Å². The molecule has 3 amide bonds. The van der Waals surface area contributed by atoms with Crippen molar-refractivity contribution in [2.24, 2.45) is 10.5 Å². The molecule has 8 nitrogen and oxygen atoms in total. The van der Waals surface area contributed by atoms with Crippen LogP contribution in [0, 0.1) is 12.3 Å². The third-order valence-corrected chi connectivity index (χ3v) is 6.01. The molecule has 8 heteroatoms. The Labute approximate surface area is 172 Å². The predicted octanol–water partition coefficient (Wildman–Crippen LogP) is 1.62. The molecular weight excluding hydrogens is 368 g/mol. The van der Waals surface area contributed by atoms with Crippen LogP contribution >= 0.6 is 0 Å². The summed E-state index contributed by atoms with van der Waals surface area (Å²) in [7, 11) is 3.66. The first-order chi connectivity index (χ1) is 13.6. The van der Waals surface area contributed by atoms with E-state index < -0.39 is 6.04 Å². The second-order valence-electron chi connectivity index (χ2n) is 9.28. The highest BCUT2D eigenvalue weighted by molar-refractivity contribution is 6.01. The average molecular weight is 399 g/mol. The van der Waals surface area contributed by atoms with E-state index in [0.29, 0.717) is 6.54 Å². The first kappa shape index (κ1) is 19.8. The summed E-state index contributed by atoms with van der Waals surface area (Å²) in [4.78, 5) is 31.7. The molecule has 4 rings (SSSR count). The molecule has 0 saturated carbocycles. The van der Waals surface area contributed by atoms with Crippen molar-refractivity contribution in [2.45, 2.75) is 52.7 Å². The fourth-order valence-electron chi connectivity index (χ4n) is 4.32. The molecule has 1 aromatic carbocycles. The molecule has 1 N–H and O–H groups in total. The zero-order chi connectivity index (χ0) is 21.1. The molecule has 3 unspecified atom stereocenters. The van der Waals surface area contributed by atoms with E-state index in [-0.39, 0.29) is 36.4 Å². The van der Waals surface area contributed by atoms with Gasteiger partial charge in [-0.15, -0.1) is 0 Å². The molecule has 1 aromatic rings. The van der Waals surface area contributed by atoms with Gasteiger partial charge in [-0.2, -0.15) is 5.10 Å². The summed E-state index contributed by atoms with van der Waals surface area (Å²) in [6.45, 7) is 9.27. The van der Waals surface area contributed by atoms with Crippen molar-refractivity contribution in [1.82, 2.24) is 25.0 Å². The Morgan fingerprint density at radius 3 is 2.59 bits per heavy atom. The van der Waals surface area contributed by atoms with Crippen molar-refractivity contribution in [3.05, 3.63) is 35.4 Å². The van der Waals surface area contributed by atoms with Crippen molar-refractivity contribution in [1.29, 1.82) is 0 Å². The molecule has 3 atom stereocenters. The summed E-state index contributed by atoms with van der Waals surface area (Å²) in [6.07, 6.45) is -0.583. The zero-order valence-electron chi connectivity index (χ0n) is 18.0. The number of hydrazone groups is 1. The number of carbonyl (C=O) groups is 2. The van der Waals surface area contributed by atoms with Crippen LogP contribution in [0.1, 0.15) is 31.9 Å². The maximum Gasteiger partial charge on any atom is 0.328 e. The number of urea groups is 1. The van der Waals surface area contributed by atoms with Crippen molar-refractivity contribution in [2.75, 3.05) is 20.6 Å². The molecule has 0 radical (unpaired) electrons. The number of carbonyl (C=O) groups excluding carboxylic acids is 2. The van der Waals surface area contributed by atoms with Crippen molar-refractivity contribution < 1.29 is 9.59 Å². The Balaban J connectivity index is 1.64. The molecule has 3 aliphatic heterocycles. The van der Waals surface area contributed by atoms with E-state index in [1.165, 1.54) is 4.90 Å². The number of fused-ring (bicyclic) bond motifs is 3. The Bertz CT molecular complexity index is 876. The van der Waals surface area contributed by atoms with Crippen LogP contribution in [-0.4, -0.2) is 76.5 Å². The molecule has 0 aliphatic carbocycles. The lowest BCUT2D eigenvalue weighted by Gasteiger charge is -2.43. The molecule has 0 aromatic heterocycles. The minimum Gasteiger partial charge on any atom is -0.310 e. The number of hydrogen-bond donors (Lipinski definition) is 1. The van der Waals surface area contributed by atoms with Gasteiger partial charge in [0.15, 0.2) is 6.29 Å². The van der Waals surface area contributed by atoms with E-state index in [1.54, 1.807) is 11.9 Å². The van der Waals surface area contributed by atoms with Gasteiger partial charge >= 0.3 is 6.03 Å². The maximum atomic E-state index is 13.5. The number of imide groups is 1. The van der Waals surface area contributed by atoms with Gasteiger partial charge in [-0.25, -0.2) is 9.69 Å². The van der Waals surface area contributed by atoms with Gasteiger partial charge in [0.1, 0.15) is 12.2 Å². The number of aryl methyl sites for hydroxylation is 1.